The van der Waals surface area contributed by atoms with Gasteiger partial charge in [-0.25, -0.2) is 0 Å². The van der Waals surface area contributed by atoms with Crippen LogP contribution >= 0.6 is 0 Å². The van der Waals surface area contributed by atoms with Crippen molar-refractivity contribution in [3.8, 4) is 17.2 Å². The maximum atomic E-state index is 12.1. The zero-order chi connectivity index (χ0) is 16.9. The first-order valence-corrected chi connectivity index (χ1v) is 8.08. The maximum Gasteiger partial charge on any atom is 0.262 e. The predicted molar refractivity (Wildman–Crippen MR) is 91.8 cm³/mol. The Morgan fingerprint density at radius 2 is 2.00 bits per heavy atom. The van der Waals surface area contributed by atoms with Crippen molar-refractivity contribution in [3.63, 3.8) is 0 Å². The summed E-state index contributed by atoms with van der Waals surface area (Å²) in [6.07, 6.45) is 1.02. The van der Waals surface area contributed by atoms with Gasteiger partial charge in [0.2, 0.25) is 6.79 Å². The molecule has 5 heteroatoms. The van der Waals surface area contributed by atoms with Gasteiger partial charge >= 0.3 is 0 Å². The third-order valence-corrected chi connectivity index (χ3v) is 4.08. The van der Waals surface area contributed by atoms with Crippen LogP contribution in [-0.2, 0) is 4.79 Å². The molecule has 126 valence electrons. The standard InChI is InChI=1S/C19H21NO4/c1-3-13(2)15-6-4-5-7-16(15)22-11-19(21)20-14-8-9-17-18(10-14)24-12-23-17/h4-10,13H,3,11-12H2,1-2H3,(H,20,21)/t13-/m1/s1. The van der Waals surface area contributed by atoms with E-state index in [-0.39, 0.29) is 19.3 Å². The zero-order valence-corrected chi connectivity index (χ0v) is 13.9. The molecule has 0 saturated carbocycles. The van der Waals surface area contributed by atoms with E-state index in [0.717, 1.165) is 17.7 Å². The van der Waals surface area contributed by atoms with Crippen molar-refractivity contribution in [1.82, 2.24) is 0 Å². The summed E-state index contributed by atoms with van der Waals surface area (Å²) in [5.74, 6) is 2.25. The molecule has 3 rings (SSSR count). The maximum absolute atomic E-state index is 12.1. The van der Waals surface area contributed by atoms with Crippen LogP contribution in [0, 0.1) is 0 Å². The van der Waals surface area contributed by atoms with Crippen LogP contribution in [0.4, 0.5) is 5.69 Å². The van der Waals surface area contributed by atoms with Gasteiger partial charge < -0.3 is 19.5 Å². The van der Waals surface area contributed by atoms with Crippen LogP contribution in [0.1, 0.15) is 31.7 Å². The highest BCUT2D eigenvalue weighted by Gasteiger charge is 2.15. The molecule has 1 amide bonds. The number of anilines is 1. The van der Waals surface area contributed by atoms with Crippen LogP contribution in [0.3, 0.4) is 0 Å². The van der Waals surface area contributed by atoms with Crippen molar-refractivity contribution in [2.24, 2.45) is 0 Å². The van der Waals surface area contributed by atoms with E-state index < -0.39 is 0 Å². The smallest absolute Gasteiger partial charge is 0.262 e. The second-order valence-electron chi connectivity index (χ2n) is 5.75. The molecular weight excluding hydrogens is 306 g/mol. The largest absolute Gasteiger partial charge is 0.483 e. The molecule has 1 aliphatic rings. The molecule has 2 aromatic rings. The first-order chi connectivity index (χ1) is 11.7. The molecule has 2 aromatic carbocycles. The fraction of sp³-hybridized carbons (Fsp3) is 0.316. The molecular formula is C19H21NO4. The lowest BCUT2D eigenvalue weighted by molar-refractivity contribution is -0.118. The Kier molecular flexibility index (Phi) is 4.89. The van der Waals surface area contributed by atoms with Gasteiger partial charge in [-0.15, -0.1) is 0 Å². The molecule has 1 atom stereocenters. The Morgan fingerprint density at radius 1 is 1.21 bits per heavy atom. The topological polar surface area (TPSA) is 56.8 Å². The number of hydrogen-bond acceptors (Lipinski definition) is 4. The molecule has 1 aliphatic heterocycles. The fourth-order valence-corrected chi connectivity index (χ4v) is 2.55. The quantitative estimate of drug-likeness (QED) is 0.873. The highest BCUT2D eigenvalue weighted by atomic mass is 16.7. The summed E-state index contributed by atoms with van der Waals surface area (Å²) in [7, 11) is 0. The molecule has 24 heavy (non-hydrogen) atoms. The number of nitrogens with one attached hydrogen (secondary N) is 1. The lowest BCUT2D eigenvalue weighted by Gasteiger charge is -2.15. The summed E-state index contributed by atoms with van der Waals surface area (Å²) in [4.78, 5) is 12.1. The first kappa shape index (κ1) is 16.2. The molecule has 0 radical (unpaired) electrons. The Bertz CT molecular complexity index is 729. The molecule has 0 aliphatic carbocycles. The van der Waals surface area contributed by atoms with Crippen LogP contribution < -0.4 is 19.5 Å². The van der Waals surface area contributed by atoms with Crippen LogP contribution in [0.2, 0.25) is 0 Å². The molecule has 5 nitrogen and oxygen atoms in total. The van der Waals surface area contributed by atoms with Crippen molar-refractivity contribution >= 4 is 11.6 Å². The number of carbonyl (C=O) groups excluding carboxylic acids is 1. The van der Waals surface area contributed by atoms with Crippen molar-refractivity contribution in [2.45, 2.75) is 26.2 Å². The number of carbonyl (C=O) groups is 1. The Hall–Kier alpha value is -2.69. The third kappa shape index (κ3) is 3.62. The molecule has 0 saturated heterocycles. The normalized spacial score (nSPS) is 13.4. The van der Waals surface area contributed by atoms with E-state index >= 15 is 0 Å². The highest BCUT2D eigenvalue weighted by molar-refractivity contribution is 5.92. The Labute approximate surface area is 141 Å². The number of hydrogen-bond donors (Lipinski definition) is 1. The molecule has 0 bridgehead atoms. The summed E-state index contributed by atoms with van der Waals surface area (Å²) in [6.45, 7) is 4.45. The average Bonchev–Trinajstić information content (AvgIpc) is 3.07. The third-order valence-electron chi connectivity index (χ3n) is 4.08. The average molecular weight is 327 g/mol. The number of rotatable bonds is 6. The number of para-hydroxylation sites is 1. The van der Waals surface area contributed by atoms with Gasteiger partial charge in [0, 0.05) is 11.8 Å². The van der Waals surface area contributed by atoms with Gasteiger partial charge in [-0.05, 0) is 36.1 Å². The van der Waals surface area contributed by atoms with Gasteiger partial charge in [-0.1, -0.05) is 32.0 Å². The number of benzene rings is 2. The predicted octanol–water partition coefficient (Wildman–Crippen LogP) is 3.95. The molecule has 0 unspecified atom stereocenters. The number of fused-ring (bicyclic) bond motifs is 1. The molecule has 0 fully saturated rings. The summed E-state index contributed by atoms with van der Waals surface area (Å²) in [5.41, 5.74) is 1.78. The van der Waals surface area contributed by atoms with Crippen molar-refractivity contribution < 1.29 is 19.0 Å². The van der Waals surface area contributed by atoms with E-state index in [1.807, 2.05) is 24.3 Å². The Balaban J connectivity index is 1.60. The minimum absolute atomic E-state index is 0.0398. The van der Waals surface area contributed by atoms with Gasteiger partial charge in [-0.2, -0.15) is 0 Å². The van der Waals surface area contributed by atoms with E-state index in [4.69, 9.17) is 14.2 Å². The van der Waals surface area contributed by atoms with Gasteiger partial charge in [-0.3, -0.25) is 4.79 Å². The van der Waals surface area contributed by atoms with Crippen LogP contribution in [0.25, 0.3) is 0 Å². The van der Waals surface area contributed by atoms with E-state index in [0.29, 0.717) is 23.1 Å². The summed E-state index contributed by atoms with van der Waals surface area (Å²) < 4.78 is 16.3. The second-order valence-corrected chi connectivity index (χ2v) is 5.75. The number of ether oxygens (including phenoxy) is 3. The molecule has 0 spiro atoms. The van der Waals surface area contributed by atoms with Gasteiger partial charge in [0.1, 0.15) is 5.75 Å². The lowest BCUT2D eigenvalue weighted by Crippen LogP contribution is -2.20. The number of amides is 1. The second kappa shape index (κ2) is 7.25. The monoisotopic (exact) mass is 327 g/mol. The van der Waals surface area contributed by atoms with Crippen LogP contribution in [0.15, 0.2) is 42.5 Å². The summed E-state index contributed by atoms with van der Waals surface area (Å²) in [6, 6.07) is 13.1. The van der Waals surface area contributed by atoms with E-state index in [9.17, 15) is 4.79 Å². The Morgan fingerprint density at radius 3 is 2.83 bits per heavy atom. The fourth-order valence-electron chi connectivity index (χ4n) is 2.55. The van der Waals surface area contributed by atoms with Gasteiger partial charge in [0.25, 0.3) is 5.91 Å². The van der Waals surface area contributed by atoms with Crippen molar-refractivity contribution in [1.29, 1.82) is 0 Å². The molecule has 1 N–H and O–H groups in total. The minimum atomic E-state index is -0.215. The van der Waals surface area contributed by atoms with Crippen molar-refractivity contribution in [2.75, 3.05) is 18.7 Å². The van der Waals surface area contributed by atoms with Gasteiger partial charge in [0.05, 0.1) is 0 Å². The molecule has 0 aromatic heterocycles. The van der Waals surface area contributed by atoms with Crippen LogP contribution in [-0.4, -0.2) is 19.3 Å². The van der Waals surface area contributed by atoms with Gasteiger partial charge in [0.15, 0.2) is 18.1 Å². The van der Waals surface area contributed by atoms with E-state index in [1.165, 1.54) is 0 Å². The summed E-state index contributed by atoms with van der Waals surface area (Å²) >= 11 is 0. The minimum Gasteiger partial charge on any atom is -0.483 e. The lowest BCUT2D eigenvalue weighted by atomic mass is 9.98. The van der Waals surface area contributed by atoms with Crippen molar-refractivity contribution in [3.05, 3.63) is 48.0 Å². The van der Waals surface area contributed by atoms with E-state index in [1.54, 1.807) is 18.2 Å². The SMILES string of the molecule is CC[C@@H](C)c1ccccc1OCC(=O)Nc1ccc2c(c1)OCO2. The van der Waals surface area contributed by atoms with Crippen LogP contribution in [0.5, 0.6) is 17.2 Å². The first-order valence-electron chi connectivity index (χ1n) is 8.08. The summed E-state index contributed by atoms with van der Waals surface area (Å²) in [5, 5.41) is 2.81. The van der Waals surface area contributed by atoms with E-state index in [2.05, 4.69) is 19.2 Å². The molecule has 1 heterocycles. The zero-order valence-electron chi connectivity index (χ0n) is 13.9. The highest BCUT2D eigenvalue weighted by Crippen LogP contribution is 2.34.